The van der Waals surface area contributed by atoms with Crippen molar-refractivity contribution < 1.29 is 9.53 Å². The number of nitrogens with one attached hydrogen (secondary N) is 1. The van der Waals surface area contributed by atoms with Crippen molar-refractivity contribution in [1.29, 1.82) is 0 Å². The SMILES string of the molecule is CC1CCN(c2ccc([C@H](C)NC(=O)c3ccc(CN4CCOCC4)cc3)cc2)CC1. The number of anilines is 1. The van der Waals surface area contributed by atoms with Gasteiger partial charge in [-0.2, -0.15) is 0 Å². The largest absolute Gasteiger partial charge is 0.379 e. The van der Waals surface area contributed by atoms with Crippen molar-refractivity contribution in [2.24, 2.45) is 5.92 Å². The van der Waals surface area contributed by atoms with Gasteiger partial charge in [0.2, 0.25) is 0 Å². The Balaban J connectivity index is 1.30. The lowest BCUT2D eigenvalue weighted by atomic mass is 9.98. The molecule has 31 heavy (non-hydrogen) atoms. The van der Waals surface area contributed by atoms with Gasteiger partial charge in [-0.1, -0.05) is 31.2 Å². The van der Waals surface area contributed by atoms with Crippen LogP contribution in [0.15, 0.2) is 48.5 Å². The molecule has 2 aromatic rings. The zero-order valence-electron chi connectivity index (χ0n) is 18.8. The molecule has 0 unspecified atom stereocenters. The maximum absolute atomic E-state index is 12.7. The first-order chi connectivity index (χ1) is 15.1. The van der Waals surface area contributed by atoms with Crippen molar-refractivity contribution in [3.63, 3.8) is 0 Å². The normalized spacial score (nSPS) is 19.2. The molecule has 0 spiro atoms. The number of ether oxygens (including phenoxy) is 1. The molecule has 2 fully saturated rings. The van der Waals surface area contributed by atoms with Crippen molar-refractivity contribution in [3.8, 4) is 0 Å². The van der Waals surface area contributed by atoms with Gasteiger partial charge >= 0.3 is 0 Å². The molecule has 2 aliphatic rings. The van der Waals surface area contributed by atoms with Crippen molar-refractivity contribution in [2.75, 3.05) is 44.3 Å². The molecule has 5 nitrogen and oxygen atoms in total. The van der Waals surface area contributed by atoms with Crippen LogP contribution in [-0.2, 0) is 11.3 Å². The first-order valence-electron chi connectivity index (χ1n) is 11.6. The lowest BCUT2D eigenvalue weighted by Gasteiger charge is -2.32. The zero-order valence-corrected chi connectivity index (χ0v) is 18.8. The van der Waals surface area contributed by atoms with E-state index < -0.39 is 0 Å². The summed E-state index contributed by atoms with van der Waals surface area (Å²) in [5, 5.41) is 3.14. The van der Waals surface area contributed by atoms with Gasteiger partial charge in [-0.3, -0.25) is 9.69 Å². The molecule has 0 bridgehead atoms. The molecular formula is C26H35N3O2. The number of rotatable bonds is 6. The second-order valence-corrected chi connectivity index (χ2v) is 9.04. The highest BCUT2D eigenvalue weighted by molar-refractivity contribution is 5.94. The molecule has 2 saturated heterocycles. The van der Waals surface area contributed by atoms with Crippen LogP contribution >= 0.6 is 0 Å². The Morgan fingerprint density at radius 1 is 1.00 bits per heavy atom. The Hall–Kier alpha value is -2.37. The van der Waals surface area contributed by atoms with Crippen LogP contribution in [0.25, 0.3) is 0 Å². The van der Waals surface area contributed by atoms with E-state index in [1.54, 1.807) is 0 Å². The third-order valence-electron chi connectivity index (χ3n) is 6.62. The topological polar surface area (TPSA) is 44.8 Å². The quantitative estimate of drug-likeness (QED) is 0.758. The predicted octanol–water partition coefficient (Wildman–Crippen LogP) is 4.25. The molecule has 2 heterocycles. The number of morpholine rings is 1. The maximum atomic E-state index is 12.7. The van der Waals surface area contributed by atoms with Crippen LogP contribution in [0, 0.1) is 5.92 Å². The highest BCUT2D eigenvalue weighted by Gasteiger charge is 2.17. The fourth-order valence-corrected chi connectivity index (χ4v) is 4.38. The first kappa shape index (κ1) is 21.8. The Labute approximate surface area is 186 Å². The number of carbonyl (C=O) groups excluding carboxylic acids is 1. The third-order valence-corrected chi connectivity index (χ3v) is 6.62. The van der Waals surface area contributed by atoms with Crippen LogP contribution in [0.3, 0.4) is 0 Å². The minimum atomic E-state index is -0.0315. The van der Waals surface area contributed by atoms with Crippen LogP contribution in [0.4, 0.5) is 5.69 Å². The lowest BCUT2D eigenvalue weighted by Crippen LogP contribution is -2.35. The molecule has 1 amide bonds. The van der Waals surface area contributed by atoms with Crippen molar-refractivity contribution in [2.45, 2.75) is 39.3 Å². The Kier molecular flexibility index (Phi) is 7.25. The summed E-state index contributed by atoms with van der Waals surface area (Å²) in [6, 6.07) is 16.6. The Morgan fingerprint density at radius 2 is 1.65 bits per heavy atom. The van der Waals surface area contributed by atoms with Crippen molar-refractivity contribution in [1.82, 2.24) is 10.2 Å². The number of amides is 1. The molecule has 0 radical (unpaired) electrons. The molecule has 2 aliphatic heterocycles. The summed E-state index contributed by atoms with van der Waals surface area (Å²) in [7, 11) is 0. The van der Waals surface area contributed by atoms with Gasteiger partial charge in [0.15, 0.2) is 0 Å². The minimum absolute atomic E-state index is 0.0282. The molecule has 1 atom stereocenters. The second kappa shape index (κ2) is 10.3. The van der Waals surface area contributed by atoms with Crippen LogP contribution < -0.4 is 10.2 Å². The van der Waals surface area contributed by atoms with E-state index in [1.165, 1.54) is 24.1 Å². The van der Waals surface area contributed by atoms with Crippen LogP contribution in [0.5, 0.6) is 0 Å². The number of carbonyl (C=O) groups is 1. The summed E-state index contributed by atoms with van der Waals surface area (Å²) in [6.07, 6.45) is 2.53. The number of piperidine rings is 1. The molecule has 5 heteroatoms. The van der Waals surface area contributed by atoms with Crippen LogP contribution in [0.1, 0.15) is 54.2 Å². The third kappa shape index (κ3) is 5.86. The number of benzene rings is 2. The molecule has 4 rings (SSSR count). The number of hydrogen-bond acceptors (Lipinski definition) is 4. The molecule has 0 saturated carbocycles. The lowest BCUT2D eigenvalue weighted by molar-refractivity contribution is 0.0342. The van der Waals surface area contributed by atoms with E-state index in [4.69, 9.17) is 4.74 Å². The van der Waals surface area contributed by atoms with E-state index >= 15 is 0 Å². The predicted molar refractivity (Wildman–Crippen MR) is 125 cm³/mol. The standard InChI is InChI=1S/C26H35N3O2/c1-20-11-13-29(14-12-20)25-9-7-23(8-10-25)21(2)27-26(30)24-5-3-22(4-6-24)19-28-15-17-31-18-16-28/h3-10,20-21H,11-19H2,1-2H3,(H,27,30)/t21-/m0/s1. The highest BCUT2D eigenvalue weighted by atomic mass is 16.5. The molecule has 1 N–H and O–H groups in total. The summed E-state index contributed by atoms with van der Waals surface area (Å²) in [6.45, 7) is 11.1. The highest BCUT2D eigenvalue weighted by Crippen LogP contribution is 2.24. The fraction of sp³-hybridized carbons (Fsp3) is 0.500. The van der Waals surface area contributed by atoms with E-state index in [-0.39, 0.29) is 11.9 Å². The van der Waals surface area contributed by atoms with E-state index in [1.807, 2.05) is 19.1 Å². The average molecular weight is 422 g/mol. The van der Waals surface area contributed by atoms with Crippen LogP contribution in [0.2, 0.25) is 0 Å². The smallest absolute Gasteiger partial charge is 0.251 e. The summed E-state index contributed by atoms with van der Waals surface area (Å²) >= 11 is 0. The van der Waals surface area contributed by atoms with Gasteiger partial charge in [0.1, 0.15) is 0 Å². The van der Waals surface area contributed by atoms with E-state index in [0.29, 0.717) is 5.56 Å². The van der Waals surface area contributed by atoms with Gasteiger partial charge in [-0.25, -0.2) is 0 Å². The molecule has 2 aromatic carbocycles. The Bertz CT molecular complexity index is 836. The van der Waals surface area contributed by atoms with Crippen molar-refractivity contribution in [3.05, 3.63) is 65.2 Å². The molecular weight excluding hydrogens is 386 g/mol. The van der Waals surface area contributed by atoms with Gasteiger partial charge in [0.25, 0.3) is 5.91 Å². The molecule has 0 aliphatic carbocycles. The van der Waals surface area contributed by atoms with E-state index in [9.17, 15) is 4.79 Å². The van der Waals surface area contributed by atoms with Crippen molar-refractivity contribution >= 4 is 11.6 Å². The fourth-order valence-electron chi connectivity index (χ4n) is 4.38. The summed E-state index contributed by atoms with van der Waals surface area (Å²) < 4.78 is 5.41. The number of hydrogen-bond donors (Lipinski definition) is 1. The average Bonchev–Trinajstić information content (AvgIpc) is 2.81. The number of nitrogens with zero attached hydrogens (tertiary/aromatic N) is 2. The second-order valence-electron chi connectivity index (χ2n) is 9.04. The molecule has 0 aromatic heterocycles. The monoisotopic (exact) mass is 421 g/mol. The maximum Gasteiger partial charge on any atom is 0.251 e. The van der Waals surface area contributed by atoms with Gasteiger partial charge < -0.3 is 15.0 Å². The Morgan fingerprint density at radius 3 is 2.29 bits per heavy atom. The van der Waals surface area contributed by atoms with Gasteiger partial charge in [-0.05, 0) is 61.1 Å². The minimum Gasteiger partial charge on any atom is -0.379 e. The summed E-state index contributed by atoms with van der Waals surface area (Å²) in [5.74, 6) is 0.804. The van der Waals surface area contributed by atoms with Gasteiger partial charge in [0, 0.05) is 44.0 Å². The zero-order chi connectivity index (χ0) is 21.6. The molecule has 166 valence electrons. The first-order valence-corrected chi connectivity index (χ1v) is 11.6. The van der Waals surface area contributed by atoms with Gasteiger partial charge in [-0.15, -0.1) is 0 Å². The van der Waals surface area contributed by atoms with E-state index in [2.05, 4.69) is 58.4 Å². The summed E-state index contributed by atoms with van der Waals surface area (Å²) in [4.78, 5) is 17.6. The van der Waals surface area contributed by atoms with Crippen LogP contribution in [-0.4, -0.2) is 50.2 Å². The summed E-state index contributed by atoms with van der Waals surface area (Å²) in [5.41, 5.74) is 4.35. The van der Waals surface area contributed by atoms with Gasteiger partial charge in [0.05, 0.1) is 19.3 Å². The van der Waals surface area contributed by atoms with E-state index in [0.717, 1.165) is 57.4 Å².